The first-order valence-electron chi connectivity index (χ1n) is 3.91. The van der Waals surface area contributed by atoms with E-state index in [2.05, 4.69) is 0 Å². The summed E-state index contributed by atoms with van der Waals surface area (Å²) < 4.78 is 22.7. The Labute approximate surface area is 82.1 Å². The van der Waals surface area contributed by atoms with Crippen molar-refractivity contribution in [1.82, 2.24) is 0 Å². The summed E-state index contributed by atoms with van der Waals surface area (Å²) in [4.78, 5) is 10.2. The molecule has 0 aliphatic heterocycles. The van der Waals surface area contributed by atoms with Crippen LogP contribution in [-0.2, 0) is 14.6 Å². The number of hydrogen-bond donors (Lipinski definition) is 0. The number of carbonyl (C=O) groups excluding carboxylic acids is 1. The van der Waals surface area contributed by atoms with E-state index in [0.29, 0.717) is 0 Å². The Morgan fingerprint density at radius 3 is 2.57 bits per heavy atom. The average molecular weight is 213 g/mol. The summed E-state index contributed by atoms with van der Waals surface area (Å²) in [5.74, 6) is -2.57. The van der Waals surface area contributed by atoms with Crippen molar-refractivity contribution in [3.05, 3.63) is 29.8 Å². The van der Waals surface area contributed by atoms with E-state index in [-0.39, 0.29) is 4.90 Å². The standard InChI is InChI=1S/C9H10O4S/c1-7-3-2-4-8(5-7)14(12,13)6-9(10)11/h2-5H,6H2,1H3,(H,10,11)/p-1. The monoisotopic (exact) mass is 213 g/mol. The molecule has 0 amide bonds. The number of aliphatic carboxylic acids is 1. The lowest BCUT2D eigenvalue weighted by molar-refractivity contribution is -0.301. The van der Waals surface area contributed by atoms with E-state index < -0.39 is 21.6 Å². The lowest BCUT2D eigenvalue weighted by Gasteiger charge is -2.05. The maximum Gasteiger partial charge on any atom is 0.183 e. The highest BCUT2D eigenvalue weighted by Crippen LogP contribution is 2.12. The molecule has 1 rings (SSSR count). The SMILES string of the molecule is Cc1cccc(S(=O)(=O)CC(=O)[O-])c1. The molecular weight excluding hydrogens is 204 g/mol. The molecule has 0 unspecified atom stereocenters. The van der Waals surface area contributed by atoms with Crippen LogP contribution in [0.3, 0.4) is 0 Å². The van der Waals surface area contributed by atoms with Gasteiger partial charge in [0.25, 0.3) is 0 Å². The Morgan fingerprint density at radius 1 is 1.43 bits per heavy atom. The van der Waals surface area contributed by atoms with Gasteiger partial charge in [-0.05, 0) is 24.6 Å². The van der Waals surface area contributed by atoms with Crippen molar-refractivity contribution >= 4 is 15.8 Å². The number of benzene rings is 1. The minimum absolute atomic E-state index is 0.0155. The Balaban J connectivity index is 3.11. The number of aryl methyl sites for hydroxylation is 1. The van der Waals surface area contributed by atoms with Gasteiger partial charge in [0.1, 0.15) is 0 Å². The number of carboxylic acid groups (broad SMARTS) is 1. The molecule has 0 radical (unpaired) electrons. The van der Waals surface area contributed by atoms with E-state index >= 15 is 0 Å². The summed E-state index contributed by atoms with van der Waals surface area (Å²) in [5, 5.41) is 10.2. The number of sulfone groups is 1. The predicted octanol–water partition coefficient (Wildman–Crippen LogP) is -0.481. The average Bonchev–Trinajstić information content (AvgIpc) is 2.01. The molecule has 0 aliphatic carbocycles. The highest BCUT2D eigenvalue weighted by Gasteiger charge is 2.14. The van der Waals surface area contributed by atoms with Crippen LogP contribution in [0.2, 0.25) is 0 Å². The van der Waals surface area contributed by atoms with Crippen LogP contribution in [0, 0.1) is 6.92 Å². The number of carboxylic acids is 1. The minimum Gasteiger partial charge on any atom is -0.549 e. The van der Waals surface area contributed by atoms with Crippen molar-refractivity contribution in [1.29, 1.82) is 0 Å². The summed E-state index contributed by atoms with van der Waals surface area (Å²) in [7, 11) is -3.74. The maximum absolute atomic E-state index is 11.4. The topological polar surface area (TPSA) is 74.3 Å². The molecule has 0 aromatic heterocycles. The lowest BCUT2D eigenvalue weighted by Crippen LogP contribution is -2.30. The number of hydrogen-bond acceptors (Lipinski definition) is 4. The first kappa shape index (κ1) is 10.7. The minimum atomic E-state index is -3.74. The number of rotatable bonds is 3. The van der Waals surface area contributed by atoms with Gasteiger partial charge in [0, 0.05) is 0 Å². The van der Waals surface area contributed by atoms with Crippen LogP contribution < -0.4 is 5.11 Å². The molecule has 0 saturated heterocycles. The molecule has 76 valence electrons. The van der Waals surface area contributed by atoms with Crippen molar-refractivity contribution in [3.63, 3.8) is 0 Å². The third kappa shape index (κ3) is 2.56. The Bertz CT molecular complexity index is 448. The summed E-state index contributed by atoms with van der Waals surface area (Å²) >= 11 is 0. The maximum atomic E-state index is 11.4. The molecular formula is C9H9O4S-. The van der Waals surface area contributed by atoms with E-state index in [1.807, 2.05) is 0 Å². The van der Waals surface area contributed by atoms with Gasteiger partial charge in [0.15, 0.2) is 9.84 Å². The summed E-state index contributed by atoms with van der Waals surface area (Å²) in [6.45, 7) is 1.73. The van der Waals surface area contributed by atoms with Crippen LogP contribution in [0.1, 0.15) is 5.56 Å². The van der Waals surface area contributed by atoms with E-state index in [4.69, 9.17) is 0 Å². The van der Waals surface area contributed by atoms with Gasteiger partial charge in [-0.1, -0.05) is 12.1 Å². The molecule has 1 aromatic carbocycles. The fourth-order valence-corrected chi connectivity index (χ4v) is 2.18. The second-order valence-corrected chi connectivity index (χ2v) is 4.94. The molecule has 14 heavy (non-hydrogen) atoms. The molecule has 0 aliphatic rings. The fourth-order valence-electron chi connectivity index (χ4n) is 1.05. The lowest BCUT2D eigenvalue weighted by atomic mass is 10.2. The molecule has 1 aromatic rings. The number of carbonyl (C=O) groups is 1. The first-order valence-corrected chi connectivity index (χ1v) is 5.56. The Hall–Kier alpha value is -1.36. The molecule has 0 spiro atoms. The van der Waals surface area contributed by atoms with Gasteiger partial charge >= 0.3 is 0 Å². The largest absolute Gasteiger partial charge is 0.549 e. The van der Waals surface area contributed by atoms with E-state index in [0.717, 1.165) is 5.56 Å². The van der Waals surface area contributed by atoms with E-state index in [1.165, 1.54) is 12.1 Å². The summed E-state index contributed by atoms with van der Waals surface area (Å²) in [6.07, 6.45) is 0. The molecule has 0 atom stereocenters. The highest BCUT2D eigenvalue weighted by atomic mass is 32.2. The summed E-state index contributed by atoms with van der Waals surface area (Å²) in [5.41, 5.74) is 0.768. The van der Waals surface area contributed by atoms with Gasteiger partial charge in [0.2, 0.25) is 0 Å². The van der Waals surface area contributed by atoms with Gasteiger partial charge in [0.05, 0.1) is 16.6 Å². The van der Waals surface area contributed by atoms with Crippen molar-refractivity contribution in [2.45, 2.75) is 11.8 Å². The van der Waals surface area contributed by atoms with Gasteiger partial charge in [-0.15, -0.1) is 0 Å². The molecule has 0 heterocycles. The summed E-state index contributed by atoms with van der Waals surface area (Å²) in [6, 6.07) is 6.10. The third-order valence-corrected chi connectivity index (χ3v) is 3.24. The van der Waals surface area contributed by atoms with Crippen LogP contribution in [0.15, 0.2) is 29.2 Å². The Kier molecular flexibility index (Phi) is 2.90. The van der Waals surface area contributed by atoms with Gasteiger partial charge in [-0.2, -0.15) is 0 Å². The van der Waals surface area contributed by atoms with Crippen LogP contribution in [0.5, 0.6) is 0 Å². The second-order valence-electron chi connectivity index (χ2n) is 2.95. The van der Waals surface area contributed by atoms with Crippen LogP contribution in [0.25, 0.3) is 0 Å². The van der Waals surface area contributed by atoms with Crippen LogP contribution in [-0.4, -0.2) is 20.1 Å². The van der Waals surface area contributed by atoms with Gasteiger partial charge < -0.3 is 9.90 Å². The van der Waals surface area contributed by atoms with Crippen LogP contribution >= 0.6 is 0 Å². The van der Waals surface area contributed by atoms with E-state index in [1.54, 1.807) is 19.1 Å². The predicted molar refractivity (Wildman–Crippen MR) is 48.2 cm³/mol. The van der Waals surface area contributed by atoms with Crippen molar-refractivity contribution in [2.24, 2.45) is 0 Å². The van der Waals surface area contributed by atoms with Gasteiger partial charge in [-0.3, -0.25) is 0 Å². The quantitative estimate of drug-likeness (QED) is 0.679. The molecule has 0 fully saturated rings. The van der Waals surface area contributed by atoms with Crippen molar-refractivity contribution < 1.29 is 18.3 Å². The molecule has 4 nitrogen and oxygen atoms in total. The highest BCUT2D eigenvalue weighted by molar-refractivity contribution is 7.92. The molecule has 0 bridgehead atoms. The van der Waals surface area contributed by atoms with Crippen molar-refractivity contribution in [3.8, 4) is 0 Å². The Morgan fingerprint density at radius 2 is 2.07 bits per heavy atom. The zero-order valence-corrected chi connectivity index (χ0v) is 8.37. The van der Waals surface area contributed by atoms with Crippen molar-refractivity contribution in [2.75, 3.05) is 5.75 Å². The normalized spacial score (nSPS) is 11.2. The molecule has 0 saturated carbocycles. The van der Waals surface area contributed by atoms with E-state index in [9.17, 15) is 18.3 Å². The molecule has 0 N–H and O–H groups in total. The smallest absolute Gasteiger partial charge is 0.183 e. The second kappa shape index (κ2) is 3.79. The zero-order chi connectivity index (χ0) is 10.8. The molecule has 5 heteroatoms. The fraction of sp³-hybridized carbons (Fsp3) is 0.222. The van der Waals surface area contributed by atoms with Gasteiger partial charge in [-0.25, -0.2) is 8.42 Å². The third-order valence-electron chi connectivity index (χ3n) is 1.66. The zero-order valence-electron chi connectivity index (χ0n) is 7.56. The van der Waals surface area contributed by atoms with Crippen LogP contribution in [0.4, 0.5) is 0 Å². The first-order chi connectivity index (χ1) is 6.42.